The molecule has 0 atom stereocenters. The molecule has 0 saturated heterocycles. The van der Waals surface area contributed by atoms with E-state index in [9.17, 15) is 9.59 Å². The van der Waals surface area contributed by atoms with Crippen molar-refractivity contribution in [2.75, 3.05) is 31.2 Å². The molecule has 4 N–H and O–H groups in total. The zero-order valence-electron chi connectivity index (χ0n) is 10.4. The van der Waals surface area contributed by atoms with Crippen molar-refractivity contribution in [3.05, 3.63) is 23.8 Å². The Labute approximate surface area is 105 Å². The SMILES string of the molecule is CCNC(=O)CNc1ccc(C(=O)OC)cc1N. The molecule has 1 amide bonds. The number of carbonyl (C=O) groups is 2. The summed E-state index contributed by atoms with van der Waals surface area (Å²) < 4.78 is 4.58. The quantitative estimate of drug-likeness (QED) is 0.526. The third-order valence-electron chi connectivity index (χ3n) is 2.29. The summed E-state index contributed by atoms with van der Waals surface area (Å²) in [6.45, 7) is 2.56. The molecular formula is C12H17N3O3. The first kappa shape index (κ1) is 13.8. The first-order valence-corrected chi connectivity index (χ1v) is 5.57. The molecule has 0 heterocycles. The molecule has 6 nitrogen and oxygen atoms in total. The molecule has 0 aliphatic heterocycles. The standard InChI is InChI=1S/C12H17N3O3/c1-3-14-11(16)7-15-10-5-4-8(6-9(10)13)12(17)18-2/h4-6,15H,3,7,13H2,1-2H3,(H,14,16). The van der Waals surface area contributed by atoms with E-state index in [-0.39, 0.29) is 12.5 Å². The van der Waals surface area contributed by atoms with Crippen LogP contribution >= 0.6 is 0 Å². The molecule has 98 valence electrons. The monoisotopic (exact) mass is 251 g/mol. The minimum Gasteiger partial charge on any atom is -0.465 e. The van der Waals surface area contributed by atoms with Crippen molar-refractivity contribution < 1.29 is 14.3 Å². The molecule has 18 heavy (non-hydrogen) atoms. The van der Waals surface area contributed by atoms with Gasteiger partial charge in [0.25, 0.3) is 0 Å². The fraction of sp³-hybridized carbons (Fsp3) is 0.333. The zero-order chi connectivity index (χ0) is 13.5. The van der Waals surface area contributed by atoms with Crippen molar-refractivity contribution in [1.82, 2.24) is 5.32 Å². The summed E-state index contributed by atoms with van der Waals surface area (Å²) >= 11 is 0. The minimum atomic E-state index is -0.447. The number of amides is 1. The number of rotatable bonds is 5. The van der Waals surface area contributed by atoms with Gasteiger partial charge in [0.1, 0.15) is 0 Å². The van der Waals surface area contributed by atoms with Crippen LogP contribution in [0.1, 0.15) is 17.3 Å². The van der Waals surface area contributed by atoms with Gasteiger partial charge in [-0.1, -0.05) is 0 Å². The fourth-order valence-corrected chi connectivity index (χ4v) is 1.40. The van der Waals surface area contributed by atoms with Gasteiger partial charge in [0, 0.05) is 6.54 Å². The van der Waals surface area contributed by atoms with Crippen molar-refractivity contribution in [2.45, 2.75) is 6.92 Å². The molecule has 0 saturated carbocycles. The summed E-state index contributed by atoms with van der Waals surface area (Å²) in [6, 6.07) is 4.73. The van der Waals surface area contributed by atoms with E-state index in [4.69, 9.17) is 5.73 Å². The predicted octanol–water partition coefficient (Wildman–Crippen LogP) is 0.603. The highest BCUT2D eigenvalue weighted by molar-refractivity contribution is 5.92. The van der Waals surface area contributed by atoms with Gasteiger partial charge in [0.05, 0.1) is 30.6 Å². The Kier molecular flexibility index (Phi) is 4.98. The number of esters is 1. The van der Waals surface area contributed by atoms with Crippen LogP contribution in [0.3, 0.4) is 0 Å². The van der Waals surface area contributed by atoms with Crippen LogP contribution < -0.4 is 16.4 Å². The van der Waals surface area contributed by atoms with E-state index < -0.39 is 5.97 Å². The van der Waals surface area contributed by atoms with E-state index in [0.29, 0.717) is 23.5 Å². The van der Waals surface area contributed by atoms with E-state index in [0.717, 1.165) is 0 Å². The maximum absolute atomic E-state index is 11.3. The van der Waals surface area contributed by atoms with Crippen LogP contribution in [0.2, 0.25) is 0 Å². The number of methoxy groups -OCH3 is 1. The van der Waals surface area contributed by atoms with Crippen molar-refractivity contribution >= 4 is 23.3 Å². The lowest BCUT2D eigenvalue weighted by molar-refractivity contribution is -0.119. The number of hydrogen-bond donors (Lipinski definition) is 3. The van der Waals surface area contributed by atoms with Crippen LogP contribution in [0, 0.1) is 0 Å². The minimum absolute atomic E-state index is 0.117. The Morgan fingerprint density at radius 2 is 2.11 bits per heavy atom. The average molecular weight is 251 g/mol. The molecule has 0 fully saturated rings. The number of likely N-dealkylation sites (N-methyl/N-ethyl adjacent to an activating group) is 1. The Morgan fingerprint density at radius 1 is 1.39 bits per heavy atom. The first-order chi connectivity index (χ1) is 8.58. The number of nitrogen functional groups attached to an aromatic ring is 1. The van der Waals surface area contributed by atoms with Gasteiger partial charge in [-0.15, -0.1) is 0 Å². The largest absolute Gasteiger partial charge is 0.465 e. The van der Waals surface area contributed by atoms with Gasteiger partial charge in [-0.05, 0) is 25.1 Å². The first-order valence-electron chi connectivity index (χ1n) is 5.57. The summed E-state index contributed by atoms with van der Waals surface area (Å²) in [7, 11) is 1.31. The van der Waals surface area contributed by atoms with Crippen LogP contribution in [0.15, 0.2) is 18.2 Å². The molecule has 0 spiro atoms. The van der Waals surface area contributed by atoms with Crippen LogP contribution in [-0.2, 0) is 9.53 Å². The predicted molar refractivity (Wildman–Crippen MR) is 69.4 cm³/mol. The van der Waals surface area contributed by atoms with Crippen molar-refractivity contribution in [3.63, 3.8) is 0 Å². The maximum atomic E-state index is 11.3. The zero-order valence-corrected chi connectivity index (χ0v) is 10.4. The number of nitrogens with one attached hydrogen (secondary N) is 2. The number of carbonyl (C=O) groups excluding carboxylic acids is 2. The normalized spacial score (nSPS) is 9.67. The Bertz CT molecular complexity index is 446. The Morgan fingerprint density at radius 3 is 2.67 bits per heavy atom. The molecule has 1 aromatic carbocycles. The highest BCUT2D eigenvalue weighted by Gasteiger charge is 2.08. The molecule has 0 unspecified atom stereocenters. The van der Waals surface area contributed by atoms with Crippen LogP contribution in [0.4, 0.5) is 11.4 Å². The highest BCUT2D eigenvalue weighted by atomic mass is 16.5. The molecule has 6 heteroatoms. The average Bonchev–Trinajstić information content (AvgIpc) is 2.36. The van der Waals surface area contributed by atoms with Crippen LogP contribution in [-0.4, -0.2) is 32.1 Å². The van der Waals surface area contributed by atoms with Gasteiger partial charge in [-0.25, -0.2) is 4.79 Å². The van der Waals surface area contributed by atoms with Crippen molar-refractivity contribution in [3.8, 4) is 0 Å². The maximum Gasteiger partial charge on any atom is 0.337 e. The van der Waals surface area contributed by atoms with Crippen LogP contribution in [0.5, 0.6) is 0 Å². The van der Waals surface area contributed by atoms with Gasteiger partial charge < -0.3 is 21.1 Å². The summed E-state index contributed by atoms with van der Waals surface area (Å²) in [5.74, 6) is -0.564. The molecule has 0 bridgehead atoms. The fourth-order valence-electron chi connectivity index (χ4n) is 1.40. The van der Waals surface area contributed by atoms with E-state index in [1.807, 2.05) is 6.92 Å². The smallest absolute Gasteiger partial charge is 0.337 e. The Balaban J connectivity index is 2.68. The van der Waals surface area contributed by atoms with Gasteiger partial charge in [0.15, 0.2) is 0 Å². The molecule has 1 aromatic rings. The number of ether oxygens (including phenoxy) is 1. The second kappa shape index (κ2) is 6.48. The number of anilines is 2. The summed E-state index contributed by atoms with van der Waals surface area (Å²) in [5, 5.41) is 5.55. The van der Waals surface area contributed by atoms with Gasteiger partial charge in [-0.2, -0.15) is 0 Å². The van der Waals surface area contributed by atoms with Gasteiger partial charge >= 0.3 is 5.97 Å². The summed E-state index contributed by atoms with van der Waals surface area (Å²) in [5.41, 5.74) is 7.14. The number of benzene rings is 1. The molecule has 0 radical (unpaired) electrons. The number of hydrogen-bond acceptors (Lipinski definition) is 5. The second-order valence-electron chi connectivity index (χ2n) is 3.60. The summed E-state index contributed by atoms with van der Waals surface area (Å²) in [4.78, 5) is 22.5. The van der Waals surface area contributed by atoms with Crippen molar-refractivity contribution in [1.29, 1.82) is 0 Å². The van der Waals surface area contributed by atoms with Crippen LogP contribution in [0.25, 0.3) is 0 Å². The third kappa shape index (κ3) is 3.65. The molecule has 1 rings (SSSR count). The Hall–Kier alpha value is -2.24. The molecule has 0 aliphatic rings. The molecular weight excluding hydrogens is 234 g/mol. The third-order valence-corrected chi connectivity index (χ3v) is 2.29. The summed E-state index contributed by atoms with van der Waals surface area (Å²) in [6.07, 6.45) is 0. The lowest BCUT2D eigenvalue weighted by Crippen LogP contribution is -2.29. The highest BCUT2D eigenvalue weighted by Crippen LogP contribution is 2.19. The van der Waals surface area contributed by atoms with Crippen molar-refractivity contribution in [2.24, 2.45) is 0 Å². The van der Waals surface area contributed by atoms with Gasteiger partial charge in [0.2, 0.25) is 5.91 Å². The number of nitrogens with two attached hydrogens (primary N) is 1. The van der Waals surface area contributed by atoms with E-state index in [2.05, 4.69) is 15.4 Å². The second-order valence-corrected chi connectivity index (χ2v) is 3.60. The lowest BCUT2D eigenvalue weighted by atomic mass is 10.1. The molecule has 0 aliphatic carbocycles. The van der Waals surface area contributed by atoms with E-state index in [1.165, 1.54) is 13.2 Å². The topological polar surface area (TPSA) is 93.5 Å². The van der Waals surface area contributed by atoms with E-state index in [1.54, 1.807) is 12.1 Å². The lowest BCUT2D eigenvalue weighted by Gasteiger charge is -2.10. The molecule has 0 aromatic heterocycles. The van der Waals surface area contributed by atoms with Gasteiger partial charge in [-0.3, -0.25) is 4.79 Å². The van der Waals surface area contributed by atoms with E-state index >= 15 is 0 Å².